The van der Waals surface area contributed by atoms with Crippen molar-refractivity contribution in [3.63, 3.8) is 0 Å². The van der Waals surface area contributed by atoms with Gasteiger partial charge in [0.1, 0.15) is 5.75 Å². The number of benzene rings is 2. The zero-order valence-electron chi connectivity index (χ0n) is 11.8. The number of nitrogens with one attached hydrogen (secondary N) is 2. The predicted octanol–water partition coefficient (Wildman–Crippen LogP) is 3.84. The lowest BCUT2D eigenvalue weighted by molar-refractivity contribution is 0.0845. The Balaban J connectivity index is 2.10. The smallest absolute Gasteiger partial charge is 0.273 e. The minimum Gasteiger partial charge on any atom is -0.496 e. The summed E-state index contributed by atoms with van der Waals surface area (Å²) in [6, 6.07) is 9.39. The first-order valence-electron chi connectivity index (χ1n) is 6.31. The molecule has 2 rings (SSSR count). The van der Waals surface area contributed by atoms with Gasteiger partial charge in [0.25, 0.3) is 11.8 Å². The highest BCUT2D eigenvalue weighted by Crippen LogP contribution is 2.23. The van der Waals surface area contributed by atoms with Crippen molar-refractivity contribution in [2.45, 2.75) is 0 Å². The number of methoxy groups -OCH3 is 1. The van der Waals surface area contributed by atoms with Gasteiger partial charge in [0, 0.05) is 9.50 Å². The summed E-state index contributed by atoms with van der Waals surface area (Å²) in [6.07, 6.45) is 0. The molecule has 0 saturated heterocycles. The van der Waals surface area contributed by atoms with Gasteiger partial charge in [-0.2, -0.15) is 0 Å². The van der Waals surface area contributed by atoms with E-state index in [1.54, 1.807) is 18.2 Å². The van der Waals surface area contributed by atoms with Crippen LogP contribution in [0.25, 0.3) is 0 Å². The van der Waals surface area contributed by atoms with E-state index in [0.717, 1.165) is 0 Å². The SMILES string of the molecule is COc1ccc(Br)cc1C(=O)NNC(=O)c1ccc(Cl)cc1Cl. The monoisotopic (exact) mass is 416 g/mol. The lowest BCUT2D eigenvalue weighted by Gasteiger charge is -2.11. The van der Waals surface area contributed by atoms with Crippen LogP contribution >= 0.6 is 39.1 Å². The van der Waals surface area contributed by atoms with Crippen LogP contribution in [0.4, 0.5) is 0 Å². The van der Waals surface area contributed by atoms with Gasteiger partial charge >= 0.3 is 0 Å². The number of carbonyl (C=O) groups is 2. The maximum Gasteiger partial charge on any atom is 0.273 e. The number of hydrazine groups is 1. The molecular weight excluding hydrogens is 407 g/mol. The van der Waals surface area contributed by atoms with Gasteiger partial charge < -0.3 is 4.74 Å². The second-order valence-electron chi connectivity index (χ2n) is 4.38. The molecular formula is C15H11BrCl2N2O3. The van der Waals surface area contributed by atoms with E-state index in [1.165, 1.54) is 25.3 Å². The van der Waals surface area contributed by atoms with Gasteiger partial charge in [0.2, 0.25) is 0 Å². The van der Waals surface area contributed by atoms with E-state index in [4.69, 9.17) is 27.9 Å². The van der Waals surface area contributed by atoms with E-state index in [0.29, 0.717) is 15.2 Å². The normalized spacial score (nSPS) is 10.1. The Hall–Kier alpha value is -1.76. The maximum absolute atomic E-state index is 12.2. The molecule has 2 amide bonds. The van der Waals surface area contributed by atoms with Crippen LogP contribution in [0.5, 0.6) is 5.75 Å². The quantitative estimate of drug-likeness (QED) is 0.745. The third-order valence-electron chi connectivity index (χ3n) is 2.87. The highest BCUT2D eigenvalue weighted by molar-refractivity contribution is 9.10. The summed E-state index contributed by atoms with van der Waals surface area (Å²) in [5.74, 6) is -0.708. The molecule has 0 aromatic heterocycles. The average Bonchev–Trinajstić information content (AvgIpc) is 2.52. The van der Waals surface area contributed by atoms with Crippen molar-refractivity contribution >= 4 is 50.9 Å². The van der Waals surface area contributed by atoms with E-state index in [-0.39, 0.29) is 16.1 Å². The van der Waals surface area contributed by atoms with E-state index < -0.39 is 11.8 Å². The highest BCUT2D eigenvalue weighted by Gasteiger charge is 2.15. The molecule has 120 valence electrons. The fraction of sp³-hybridized carbons (Fsp3) is 0.0667. The van der Waals surface area contributed by atoms with Crippen LogP contribution in [-0.2, 0) is 0 Å². The number of carbonyl (C=O) groups excluding carboxylic acids is 2. The lowest BCUT2D eigenvalue weighted by atomic mass is 10.2. The van der Waals surface area contributed by atoms with E-state index >= 15 is 0 Å². The molecule has 8 heteroatoms. The Morgan fingerprint density at radius 3 is 2.26 bits per heavy atom. The summed E-state index contributed by atoms with van der Waals surface area (Å²) in [5, 5.41) is 0.596. The third kappa shape index (κ3) is 4.37. The van der Waals surface area contributed by atoms with E-state index in [1.807, 2.05) is 0 Å². The average molecular weight is 418 g/mol. The topological polar surface area (TPSA) is 67.4 Å². The zero-order valence-corrected chi connectivity index (χ0v) is 14.9. The zero-order chi connectivity index (χ0) is 17.0. The number of amides is 2. The minimum absolute atomic E-state index is 0.185. The van der Waals surface area contributed by atoms with Gasteiger partial charge in [-0.15, -0.1) is 0 Å². The first-order chi connectivity index (χ1) is 10.9. The van der Waals surface area contributed by atoms with Crippen LogP contribution < -0.4 is 15.6 Å². The first-order valence-corrected chi connectivity index (χ1v) is 7.86. The second kappa shape index (κ2) is 7.68. The summed E-state index contributed by atoms with van der Waals surface area (Å²) >= 11 is 15.0. The molecule has 0 heterocycles. The Morgan fingerprint density at radius 2 is 1.65 bits per heavy atom. The van der Waals surface area contributed by atoms with Crippen molar-refractivity contribution in [3.05, 3.63) is 62.0 Å². The maximum atomic E-state index is 12.2. The summed E-state index contributed by atoms with van der Waals surface area (Å²) in [5.41, 5.74) is 5.06. The van der Waals surface area contributed by atoms with Crippen molar-refractivity contribution in [2.24, 2.45) is 0 Å². The first kappa shape index (κ1) is 17.6. The molecule has 2 aromatic rings. The van der Waals surface area contributed by atoms with Crippen LogP contribution in [0.15, 0.2) is 40.9 Å². The Bertz CT molecular complexity index is 768. The molecule has 5 nitrogen and oxygen atoms in total. The van der Waals surface area contributed by atoms with Crippen LogP contribution in [0.2, 0.25) is 10.0 Å². The Morgan fingerprint density at radius 1 is 1.00 bits per heavy atom. The van der Waals surface area contributed by atoms with E-state index in [9.17, 15) is 9.59 Å². The molecule has 0 radical (unpaired) electrons. The van der Waals surface area contributed by atoms with Crippen molar-refractivity contribution < 1.29 is 14.3 Å². The molecule has 0 aliphatic heterocycles. The lowest BCUT2D eigenvalue weighted by Crippen LogP contribution is -2.41. The molecule has 0 spiro atoms. The molecule has 0 saturated carbocycles. The molecule has 2 N–H and O–H groups in total. The molecule has 2 aromatic carbocycles. The number of rotatable bonds is 3. The number of halogens is 3. The van der Waals surface area contributed by atoms with Gasteiger partial charge in [0.15, 0.2) is 0 Å². The highest BCUT2D eigenvalue weighted by atomic mass is 79.9. The Kier molecular flexibility index (Phi) is 5.87. The molecule has 0 aliphatic carbocycles. The van der Waals surface area contributed by atoms with Gasteiger partial charge in [0.05, 0.1) is 23.3 Å². The largest absolute Gasteiger partial charge is 0.496 e. The Labute approximate surface area is 151 Å². The van der Waals surface area contributed by atoms with Gasteiger partial charge in [-0.1, -0.05) is 39.1 Å². The minimum atomic E-state index is -0.561. The van der Waals surface area contributed by atoms with E-state index in [2.05, 4.69) is 26.8 Å². The predicted molar refractivity (Wildman–Crippen MR) is 92.1 cm³/mol. The summed E-state index contributed by atoms with van der Waals surface area (Å²) in [6.45, 7) is 0. The second-order valence-corrected chi connectivity index (χ2v) is 6.14. The van der Waals surface area contributed by atoms with Crippen LogP contribution in [0, 0.1) is 0 Å². The van der Waals surface area contributed by atoms with Crippen molar-refractivity contribution in [1.29, 1.82) is 0 Å². The van der Waals surface area contributed by atoms with Crippen LogP contribution in [0.3, 0.4) is 0 Å². The van der Waals surface area contributed by atoms with Crippen LogP contribution in [0.1, 0.15) is 20.7 Å². The van der Waals surface area contributed by atoms with Crippen molar-refractivity contribution in [1.82, 2.24) is 10.9 Å². The fourth-order valence-corrected chi connectivity index (χ4v) is 2.63. The van der Waals surface area contributed by atoms with Crippen molar-refractivity contribution in [2.75, 3.05) is 7.11 Å². The van der Waals surface area contributed by atoms with Crippen molar-refractivity contribution in [3.8, 4) is 5.75 Å². The molecule has 0 bridgehead atoms. The van der Waals surface area contributed by atoms with Gasteiger partial charge in [-0.3, -0.25) is 20.4 Å². The number of ether oxygens (including phenoxy) is 1. The van der Waals surface area contributed by atoms with Gasteiger partial charge in [-0.05, 0) is 36.4 Å². The number of hydrogen-bond donors (Lipinski definition) is 2. The summed E-state index contributed by atoms with van der Waals surface area (Å²) < 4.78 is 5.82. The third-order valence-corrected chi connectivity index (χ3v) is 3.91. The molecule has 0 aliphatic rings. The van der Waals surface area contributed by atoms with Crippen LogP contribution in [-0.4, -0.2) is 18.9 Å². The van der Waals surface area contributed by atoms with Gasteiger partial charge in [-0.25, -0.2) is 0 Å². The molecule has 0 atom stereocenters. The summed E-state index contributed by atoms with van der Waals surface area (Å²) in [4.78, 5) is 24.2. The fourth-order valence-electron chi connectivity index (χ4n) is 1.78. The molecule has 0 unspecified atom stereocenters. The summed E-state index contributed by atoms with van der Waals surface area (Å²) in [7, 11) is 1.45. The molecule has 23 heavy (non-hydrogen) atoms. The standard InChI is InChI=1S/C15H11BrCl2N2O3/c1-23-13-5-2-8(16)6-11(13)15(22)20-19-14(21)10-4-3-9(17)7-12(10)18/h2-7H,1H3,(H,19,21)(H,20,22). The number of hydrogen-bond acceptors (Lipinski definition) is 3. The molecule has 0 fully saturated rings.